The number of benzene rings is 1. The lowest BCUT2D eigenvalue weighted by molar-refractivity contribution is 0.317. The number of allylic oxidation sites excluding steroid dienone is 1. The van der Waals surface area contributed by atoms with Crippen molar-refractivity contribution >= 4 is 0 Å². The Hall–Kier alpha value is -3.14. The van der Waals surface area contributed by atoms with E-state index in [0.29, 0.717) is 23.8 Å². The standard InChI is InChI=1S/C18H20N4O3/c1-3-5-12-16-15(10-6-7-13(23)14(8-10)24-4-2)11(9-19)17(20)25-18(16)22-21-12/h6-8,15,23H,3-5,20H2,1-2H3,(H,21,22)/t15-/m0/s1. The van der Waals surface area contributed by atoms with E-state index in [1.807, 2.05) is 6.92 Å². The minimum atomic E-state index is -0.422. The maximum Gasteiger partial charge on any atom is 0.244 e. The van der Waals surface area contributed by atoms with E-state index in [4.69, 9.17) is 15.2 Å². The molecular formula is C18H20N4O3. The van der Waals surface area contributed by atoms with E-state index >= 15 is 0 Å². The van der Waals surface area contributed by atoms with E-state index in [9.17, 15) is 10.4 Å². The van der Waals surface area contributed by atoms with E-state index in [0.717, 1.165) is 29.7 Å². The van der Waals surface area contributed by atoms with Crippen molar-refractivity contribution in [3.63, 3.8) is 0 Å². The number of nitrogens with one attached hydrogen (secondary N) is 1. The minimum Gasteiger partial charge on any atom is -0.504 e. The van der Waals surface area contributed by atoms with Gasteiger partial charge in [0.15, 0.2) is 11.5 Å². The summed E-state index contributed by atoms with van der Waals surface area (Å²) in [5.74, 6) is 0.421. The predicted octanol–water partition coefficient (Wildman–Crippen LogP) is 2.68. The summed E-state index contributed by atoms with van der Waals surface area (Å²) in [7, 11) is 0. The Kier molecular flexibility index (Phi) is 4.52. The fourth-order valence-electron chi connectivity index (χ4n) is 3.06. The summed E-state index contributed by atoms with van der Waals surface area (Å²) in [5, 5.41) is 26.8. The van der Waals surface area contributed by atoms with Crippen molar-refractivity contribution in [3.05, 3.63) is 46.5 Å². The number of aromatic nitrogens is 2. The van der Waals surface area contributed by atoms with Crippen molar-refractivity contribution in [1.82, 2.24) is 10.2 Å². The van der Waals surface area contributed by atoms with Gasteiger partial charge in [-0.05, 0) is 31.0 Å². The van der Waals surface area contributed by atoms with Gasteiger partial charge in [-0.3, -0.25) is 5.10 Å². The van der Waals surface area contributed by atoms with Gasteiger partial charge in [0.05, 0.1) is 12.5 Å². The average molecular weight is 340 g/mol. The molecule has 7 nitrogen and oxygen atoms in total. The second-order valence-corrected chi connectivity index (χ2v) is 5.76. The number of nitrogens with two attached hydrogens (primary N) is 1. The van der Waals surface area contributed by atoms with E-state index < -0.39 is 5.92 Å². The third-order valence-corrected chi connectivity index (χ3v) is 4.13. The van der Waals surface area contributed by atoms with Crippen LogP contribution in [-0.4, -0.2) is 21.9 Å². The summed E-state index contributed by atoms with van der Waals surface area (Å²) in [6, 6.07) is 7.19. The number of hydrogen-bond acceptors (Lipinski definition) is 6. The van der Waals surface area contributed by atoms with E-state index in [2.05, 4.69) is 23.2 Å². The van der Waals surface area contributed by atoms with Crippen molar-refractivity contribution in [2.75, 3.05) is 6.61 Å². The molecule has 1 aromatic carbocycles. The van der Waals surface area contributed by atoms with Crippen LogP contribution in [0.1, 0.15) is 43.0 Å². The maximum absolute atomic E-state index is 9.96. The number of nitrogens with zero attached hydrogens (tertiary/aromatic N) is 2. The number of ether oxygens (including phenoxy) is 2. The molecule has 7 heteroatoms. The van der Waals surface area contributed by atoms with Crippen molar-refractivity contribution in [2.45, 2.75) is 32.6 Å². The number of H-pyrrole nitrogens is 1. The number of phenols is 1. The average Bonchev–Trinajstić information content (AvgIpc) is 2.98. The van der Waals surface area contributed by atoms with Crippen LogP contribution in [0.2, 0.25) is 0 Å². The zero-order valence-corrected chi connectivity index (χ0v) is 14.2. The molecule has 0 bridgehead atoms. The van der Waals surface area contributed by atoms with Crippen molar-refractivity contribution in [3.8, 4) is 23.4 Å². The normalized spacial score (nSPS) is 16.1. The van der Waals surface area contributed by atoms with Gasteiger partial charge in [0.1, 0.15) is 11.6 Å². The maximum atomic E-state index is 9.96. The van der Waals surface area contributed by atoms with Crippen molar-refractivity contribution in [2.24, 2.45) is 5.73 Å². The van der Waals surface area contributed by atoms with Gasteiger partial charge in [0.2, 0.25) is 11.8 Å². The van der Waals surface area contributed by atoms with Crippen LogP contribution in [0, 0.1) is 11.3 Å². The Morgan fingerprint density at radius 1 is 1.44 bits per heavy atom. The molecule has 1 aliphatic heterocycles. The molecule has 25 heavy (non-hydrogen) atoms. The Morgan fingerprint density at radius 2 is 2.24 bits per heavy atom. The number of hydrogen-bond donors (Lipinski definition) is 3. The van der Waals surface area contributed by atoms with E-state index in [1.165, 1.54) is 0 Å². The van der Waals surface area contributed by atoms with Crippen LogP contribution >= 0.6 is 0 Å². The van der Waals surface area contributed by atoms with Gasteiger partial charge in [-0.25, -0.2) is 0 Å². The monoisotopic (exact) mass is 340 g/mol. The fraction of sp³-hybridized carbons (Fsp3) is 0.333. The lowest BCUT2D eigenvalue weighted by atomic mass is 9.83. The third-order valence-electron chi connectivity index (χ3n) is 4.13. The second-order valence-electron chi connectivity index (χ2n) is 5.76. The molecule has 3 rings (SSSR count). The molecule has 0 fully saturated rings. The summed E-state index contributed by atoms with van der Waals surface area (Å²) < 4.78 is 11.0. The zero-order chi connectivity index (χ0) is 18.0. The first kappa shape index (κ1) is 16.7. The van der Waals surface area contributed by atoms with Crippen LogP contribution in [0.15, 0.2) is 29.7 Å². The molecule has 2 heterocycles. The predicted molar refractivity (Wildman–Crippen MR) is 91.2 cm³/mol. The van der Waals surface area contributed by atoms with Gasteiger partial charge in [0.25, 0.3) is 0 Å². The number of phenolic OH excluding ortho intramolecular Hbond substituents is 1. The molecule has 0 aliphatic carbocycles. The van der Waals surface area contributed by atoms with Gasteiger partial charge in [-0.2, -0.15) is 5.26 Å². The Morgan fingerprint density at radius 3 is 2.92 bits per heavy atom. The van der Waals surface area contributed by atoms with Gasteiger partial charge in [-0.1, -0.05) is 19.4 Å². The SMILES string of the molecule is CCCc1[nH]nc2c1[C@@H](c1ccc(O)c(OCC)c1)C(C#N)=C(N)O2. The molecule has 0 spiro atoms. The zero-order valence-electron chi connectivity index (χ0n) is 14.2. The molecule has 0 saturated carbocycles. The highest BCUT2D eigenvalue weighted by atomic mass is 16.5. The van der Waals surface area contributed by atoms with Gasteiger partial charge in [0, 0.05) is 11.3 Å². The molecule has 0 radical (unpaired) electrons. The summed E-state index contributed by atoms with van der Waals surface area (Å²) in [4.78, 5) is 0. The Bertz CT molecular complexity index is 864. The number of rotatable bonds is 5. The van der Waals surface area contributed by atoms with E-state index in [-0.39, 0.29) is 11.6 Å². The van der Waals surface area contributed by atoms with Crippen molar-refractivity contribution in [1.29, 1.82) is 5.26 Å². The highest BCUT2D eigenvalue weighted by Crippen LogP contribution is 2.44. The molecule has 0 unspecified atom stereocenters. The Balaban J connectivity index is 2.18. The minimum absolute atomic E-state index is 0.0422. The highest BCUT2D eigenvalue weighted by Gasteiger charge is 2.35. The number of fused-ring (bicyclic) bond motifs is 1. The number of nitriles is 1. The third kappa shape index (κ3) is 2.87. The quantitative estimate of drug-likeness (QED) is 0.770. The van der Waals surface area contributed by atoms with Crippen LogP contribution in [0.25, 0.3) is 0 Å². The first-order valence-electron chi connectivity index (χ1n) is 8.21. The lowest BCUT2D eigenvalue weighted by Gasteiger charge is -2.24. The number of aromatic amines is 1. The van der Waals surface area contributed by atoms with Crippen LogP contribution < -0.4 is 15.2 Å². The molecule has 0 amide bonds. The molecule has 1 aromatic heterocycles. The van der Waals surface area contributed by atoms with Crippen LogP contribution in [0.5, 0.6) is 17.4 Å². The molecule has 0 saturated heterocycles. The summed E-state index contributed by atoms with van der Waals surface area (Å²) in [6.45, 7) is 4.33. The first-order chi connectivity index (χ1) is 12.1. The molecule has 130 valence electrons. The number of aryl methyl sites for hydroxylation is 1. The molecule has 4 N–H and O–H groups in total. The van der Waals surface area contributed by atoms with Gasteiger partial charge < -0.3 is 20.3 Å². The Labute approximate surface area is 145 Å². The topological polar surface area (TPSA) is 117 Å². The van der Waals surface area contributed by atoms with Gasteiger partial charge >= 0.3 is 0 Å². The molecule has 2 aromatic rings. The van der Waals surface area contributed by atoms with Crippen LogP contribution in [0.4, 0.5) is 0 Å². The smallest absolute Gasteiger partial charge is 0.244 e. The van der Waals surface area contributed by atoms with E-state index in [1.54, 1.807) is 18.2 Å². The second kappa shape index (κ2) is 6.77. The number of aromatic hydroxyl groups is 1. The summed E-state index contributed by atoms with van der Waals surface area (Å²) in [6.07, 6.45) is 1.69. The highest BCUT2D eigenvalue weighted by molar-refractivity contribution is 5.57. The molecular weight excluding hydrogens is 320 g/mol. The summed E-state index contributed by atoms with van der Waals surface area (Å²) >= 11 is 0. The fourth-order valence-corrected chi connectivity index (χ4v) is 3.06. The largest absolute Gasteiger partial charge is 0.504 e. The van der Waals surface area contributed by atoms with Crippen LogP contribution in [0.3, 0.4) is 0 Å². The lowest BCUT2D eigenvalue weighted by Crippen LogP contribution is -2.21. The summed E-state index contributed by atoms with van der Waals surface area (Å²) in [5.41, 5.74) is 8.76. The first-order valence-corrected chi connectivity index (χ1v) is 8.21. The van der Waals surface area contributed by atoms with Crippen LogP contribution in [-0.2, 0) is 6.42 Å². The van der Waals surface area contributed by atoms with Gasteiger partial charge in [-0.15, -0.1) is 5.10 Å². The molecule has 1 atom stereocenters. The van der Waals surface area contributed by atoms with Crippen molar-refractivity contribution < 1.29 is 14.6 Å². The molecule has 1 aliphatic rings.